The van der Waals surface area contributed by atoms with Crippen molar-refractivity contribution in [2.45, 2.75) is 51.7 Å². The van der Waals surface area contributed by atoms with Crippen LogP contribution in [0.3, 0.4) is 0 Å². The zero-order valence-corrected chi connectivity index (χ0v) is 12.7. The second-order valence-electron chi connectivity index (χ2n) is 5.25. The van der Waals surface area contributed by atoms with Crippen LogP contribution in [0.15, 0.2) is 0 Å². The molecule has 118 valence electrons. The van der Waals surface area contributed by atoms with E-state index in [1.54, 1.807) is 0 Å². The highest BCUT2D eigenvalue weighted by Gasteiger charge is 2.20. The summed E-state index contributed by atoms with van der Waals surface area (Å²) in [6, 6.07) is 0.283. The molecule has 5 N–H and O–H groups in total. The quantitative estimate of drug-likeness (QED) is 0.448. The molecule has 0 atom stereocenters. The van der Waals surface area contributed by atoms with Crippen LogP contribution in [0.25, 0.3) is 0 Å². The van der Waals surface area contributed by atoms with E-state index in [9.17, 15) is 5.11 Å². The maximum Gasteiger partial charge on any atom is 0.243 e. The van der Waals surface area contributed by atoms with Crippen LogP contribution >= 0.6 is 0 Å². The molecule has 1 aliphatic rings. The summed E-state index contributed by atoms with van der Waals surface area (Å²) in [5.74, 6) is 6.93. The molecule has 21 heavy (non-hydrogen) atoms. The number of aliphatic hydroxyl groups is 1. The maximum absolute atomic E-state index is 9.55. The SMILES string of the molecule is CCN(CC)c1nc(NN)nc(NC2CCC(O)CC2)n1. The van der Waals surface area contributed by atoms with E-state index in [-0.39, 0.29) is 12.1 Å². The van der Waals surface area contributed by atoms with Gasteiger partial charge >= 0.3 is 0 Å². The van der Waals surface area contributed by atoms with Gasteiger partial charge in [-0.3, -0.25) is 5.43 Å². The number of hydrazine groups is 1. The molecule has 0 spiro atoms. The maximum atomic E-state index is 9.55. The fourth-order valence-electron chi connectivity index (χ4n) is 2.54. The van der Waals surface area contributed by atoms with Crippen molar-refractivity contribution < 1.29 is 5.11 Å². The predicted molar refractivity (Wildman–Crippen MR) is 83.1 cm³/mol. The Bertz CT molecular complexity index is 444. The first-order valence-electron chi connectivity index (χ1n) is 7.58. The van der Waals surface area contributed by atoms with E-state index >= 15 is 0 Å². The summed E-state index contributed by atoms with van der Waals surface area (Å²) in [5.41, 5.74) is 2.49. The third-order valence-corrected chi connectivity index (χ3v) is 3.83. The summed E-state index contributed by atoms with van der Waals surface area (Å²) < 4.78 is 0. The molecule has 1 aliphatic carbocycles. The van der Waals surface area contributed by atoms with Crippen LogP contribution in [-0.4, -0.2) is 45.3 Å². The summed E-state index contributed by atoms with van der Waals surface area (Å²) in [4.78, 5) is 15.1. The third-order valence-electron chi connectivity index (χ3n) is 3.83. The number of nitrogens with two attached hydrogens (primary N) is 1. The molecule has 0 amide bonds. The van der Waals surface area contributed by atoms with Gasteiger partial charge in [0.15, 0.2) is 0 Å². The lowest BCUT2D eigenvalue weighted by molar-refractivity contribution is 0.126. The molecular formula is C13H25N7O. The van der Waals surface area contributed by atoms with Crippen LogP contribution < -0.4 is 21.5 Å². The van der Waals surface area contributed by atoms with Crippen LogP contribution in [-0.2, 0) is 0 Å². The Morgan fingerprint density at radius 2 is 1.71 bits per heavy atom. The largest absolute Gasteiger partial charge is 0.393 e. The first-order valence-corrected chi connectivity index (χ1v) is 7.58. The first kappa shape index (κ1) is 15.7. The van der Waals surface area contributed by atoms with Gasteiger partial charge < -0.3 is 15.3 Å². The van der Waals surface area contributed by atoms with Crippen molar-refractivity contribution >= 4 is 17.8 Å². The molecule has 8 heteroatoms. The van der Waals surface area contributed by atoms with Crippen molar-refractivity contribution in [3.05, 3.63) is 0 Å². The molecule has 1 fully saturated rings. The number of nitrogens with one attached hydrogen (secondary N) is 2. The summed E-state index contributed by atoms with van der Waals surface area (Å²) in [6.45, 7) is 5.75. The average Bonchev–Trinajstić information content (AvgIpc) is 2.50. The molecule has 0 aromatic carbocycles. The Labute approximate surface area is 125 Å². The van der Waals surface area contributed by atoms with Crippen molar-refractivity contribution in [3.63, 3.8) is 0 Å². The Hall–Kier alpha value is -1.67. The van der Waals surface area contributed by atoms with Gasteiger partial charge in [-0.1, -0.05) is 0 Å². The van der Waals surface area contributed by atoms with Gasteiger partial charge in [-0.15, -0.1) is 0 Å². The second-order valence-corrected chi connectivity index (χ2v) is 5.25. The van der Waals surface area contributed by atoms with E-state index in [0.717, 1.165) is 38.8 Å². The number of hydrogen-bond acceptors (Lipinski definition) is 8. The van der Waals surface area contributed by atoms with Crippen LogP contribution in [0, 0.1) is 0 Å². The van der Waals surface area contributed by atoms with E-state index in [1.807, 2.05) is 4.90 Å². The average molecular weight is 295 g/mol. The lowest BCUT2D eigenvalue weighted by atomic mass is 9.93. The van der Waals surface area contributed by atoms with E-state index in [4.69, 9.17) is 5.84 Å². The fraction of sp³-hybridized carbons (Fsp3) is 0.769. The number of nitrogen functional groups attached to an aromatic ring is 1. The number of anilines is 3. The highest BCUT2D eigenvalue weighted by molar-refractivity contribution is 5.43. The number of rotatable bonds is 6. The summed E-state index contributed by atoms with van der Waals surface area (Å²) >= 11 is 0. The van der Waals surface area contributed by atoms with E-state index < -0.39 is 0 Å². The second kappa shape index (κ2) is 7.37. The van der Waals surface area contributed by atoms with Gasteiger partial charge in [-0.05, 0) is 39.5 Å². The van der Waals surface area contributed by atoms with Crippen molar-refractivity contribution in [2.75, 3.05) is 28.7 Å². The van der Waals surface area contributed by atoms with Crippen molar-refractivity contribution in [3.8, 4) is 0 Å². The minimum Gasteiger partial charge on any atom is -0.393 e. The van der Waals surface area contributed by atoms with Gasteiger partial charge in [-0.2, -0.15) is 15.0 Å². The molecule has 0 saturated heterocycles. The highest BCUT2D eigenvalue weighted by atomic mass is 16.3. The number of hydrogen-bond donors (Lipinski definition) is 4. The molecule has 0 bridgehead atoms. The Balaban J connectivity index is 2.12. The molecule has 8 nitrogen and oxygen atoms in total. The first-order chi connectivity index (χ1) is 10.2. The zero-order valence-electron chi connectivity index (χ0n) is 12.7. The minimum atomic E-state index is -0.172. The third kappa shape index (κ3) is 4.15. The lowest BCUT2D eigenvalue weighted by Gasteiger charge is -2.26. The van der Waals surface area contributed by atoms with Gasteiger partial charge in [0.25, 0.3) is 0 Å². The van der Waals surface area contributed by atoms with Crippen molar-refractivity contribution in [2.24, 2.45) is 5.84 Å². The summed E-state index contributed by atoms with van der Waals surface area (Å²) in [6.07, 6.45) is 3.29. The Kier molecular flexibility index (Phi) is 5.51. The summed E-state index contributed by atoms with van der Waals surface area (Å²) in [5, 5.41) is 12.9. The van der Waals surface area contributed by atoms with E-state index in [2.05, 4.69) is 39.5 Å². The highest BCUT2D eigenvalue weighted by Crippen LogP contribution is 2.22. The molecular weight excluding hydrogens is 270 g/mol. The molecule has 1 aromatic heterocycles. The van der Waals surface area contributed by atoms with Crippen LogP contribution in [0.2, 0.25) is 0 Å². The zero-order chi connectivity index (χ0) is 15.2. The van der Waals surface area contributed by atoms with Crippen LogP contribution in [0.1, 0.15) is 39.5 Å². The van der Waals surface area contributed by atoms with E-state index in [1.165, 1.54) is 0 Å². The molecule has 1 aromatic rings. The van der Waals surface area contributed by atoms with Gasteiger partial charge in [0, 0.05) is 19.1 Å². The topological polar surface area (TPSA) is 112 Å². The number of nitrogens with zero attached hydrogens (tertiary/aromatic N) is 4. The van der Waals surface area contributed by atoms with Gasteiger partial charge in [0.05, 0.1) is 6.10 Å². The molecule has 0 radical (unpaired) electrons. The monoisotopic (exact) mass is 295 g/mol. The predicted octanol–water partition coefficient (Wildman–Crippen LogP) is 0.719. The molecule has 2 rings (SSSR count). The summed E-state index contributed by atoms with van der Waals surface area (Å²) in [7, 11) is 0. The smallest absolute Gasteiger partial charge is 0.243 e. The normalized spacial score (nSPS) is 21.9. The Morgan fingerprint density at radius 3 is 2.29 bits per heavy atom. The van der Waals surface area contributed by atoms with Gasteiger partial charge in [-0.25, -0.2) is 5.84 Å². The van der Waals surface area contributed by atoms with Crippen LogP contribution in [0.5, 0.6) is 0 Å². The molecule has 0 aliphatic heterocycles. The molecule has 1 saturated carbocycles. The lowest BCUT2D eigenvalue weighted by Crippen LogP contribution is -2.30. The number of aromatic nitrogens is 3. The van der Waals surface area contributed by atoms with Gasteiger partial charge in [0.1, 0.15) is 0 Å². The van der Waals surface area contributed by atoms with E-state index in [0.29, 0.717) is 17.8 Å². The molecule has 0 unspecified atom stereocenters. The van der Waals surface area contributed by atoms with Crippen molar-refractivity contribution in [1.82, 2.24) is 15.0 Å². The van der Waals surface area contributed by atoms with Crippen molar-refractivity contribution in [1.29, 1.82) is 0 Å². The Morgan fingerprint density at radius 1 is 1.10 bits per heavy atom. The molecule has 1 heterocycles. The standard InChI is InChI=1S/C13H25N7O/c1-3-20(4-2)13-17-11(16-12(18-13)19-14)15-9-5-7-10(21)8-6-9/h9-10,21H,3-8,14H2,1-2H3,(H2,15,16,17,18,19). The van der Waals surface area contributed by atoms with Crippen LogP contribution in [0.4, 0.5) is 17.8 Å². The van der Waals surface area contributed by atoms with Gasteiger partial charge in [0.2, 0.25) is 17.8 Å². The minimum absolute atomic E-state index is 0.172. The number of aliphatic hydroxyl groups excluding tert-OH is 1. The fourth-order valence-corrected chi connectivity index (χ4v) is 2.54.